The van der Waals surface area contributed by atoms with Crippen LogP contribution in [0.1, 0.15) is 36.3 Å². The lowest BCUT2D eigenvalue weighted by molar-refractivity contribution is 0.165. The second-order valence-corrected chi connectivity index (χ2v) is 6.00. The van der Waals surface area contributed by atoms with Gasteiger partial charge in [0.15, 0.2) is 0 Å². The Morgan fingerprint density at radius 2 is 2.12 bits per heavy atom. The highest BCUT2D eigenvalue weighted by Crippen LogP contribution is 2.34. The number of nitrogens with zero attached hydrogens (tertiary/aromatic N) is 1. The molecule has 1 aromatic rings. The van der Waals surface area contributed by atoms with Crippen LogP contribution in [-0.2, 0) is 6.42 Å². The van der Waals surface area contributed by atoms with E-state index in [9.17, 15) is 0 Å². The van der Waals surface area contributed by atoms with Crippen LogP contribution < -0.4 is 0 Å². The predicted octanol–water partition coefficient (Wildman–Crippen LogP) is 3.57. The maximum absolute atomic E-state index is 3.58. The van der Waals surface area contributed by atoms with Gasteiger partial charge in [-0.1, -0.05) is 22.0 Å². The van der Waals surface area contributed by atoms with Gasteiger partial charge in [-0.05, 0) is 68.0 Å². The van der Waals surface area contributed by atoms with Gasteiger partial charge in [-0.15, -0.1) is 0 Å². The second-order valence-electron chi connectivity index (χ2n) is 5.09. The molecule has 0 saturated carbocycles. The molecule has 1 fully saturated rings. The fraction of sp³-hybridized carbons (Fsp3) is 0.571. The quantitative estimate of drug-likeness (QED) is 0.800. The van der Waals surface area contributed by atoms with E-state index in [0.29, 0.717) is 0 Å². The highest BCUT2D eigenvalue weighted by molar-refractivity contribution is 9.10. The number of hydrogen-bond acceptors (Lipinski definition) is 1. The molecule has 3 rings (SSSR count). The summed E-state index contributed by atoms with van der Waals surface area (Å²) in [6.07, 6.45) is 5.41. The molecule has 0 aromatic heterocycles. The number of aryl methyl sites for hydroxylation is 1. The van der Waals surface area contributed by atoms with E-state index in [4.69, 9.17) is 0 Å². The smallest absolute Gasteiger partial charge is 0.0178 e. The zero-order valence-electron chi connectivity index (χ0n) is 9.58. The number of benzene rings is 1. The van der Waals surface area contributed by atoms with Crippen molar-refractivity contribution in [2.24, 2.45) is 0 Å². The first-order chi connectivity index (χ1) is 7.83. The summed E-state index contributed by atoms with van der Waals surface area (Å²) >= 11 is 3.58. The molecule has 2 heteroatoms. The normalized spacial score (nSPS) is 24.9. The number of likely N-dealkylation sites (tertiary alicyclic amines) is 1. The van der Waals surface area contributed by atoms with Crippen LogP contribution in [0.3, 0.4) is 0 Å². The molecule has 1 heterocycles. The van der Waals surface area contributed by atoms with Crippen molar-refractivity contribution in [3.05, 3.63) is 33.8 Å². The van der Waals surface area contributed by atoms with Crippen molar-refractivity contribution in [3.63, 3.8) is 0 Å². The van der Waals surface area contributed by atoms with Crippen LogP contribution in [0.5, 0.6) is 0 Å². The van der Waals surface area contributed by atoms with Gasteiger partial charge in [-0.25, -0.2) is 0 Å². The third-order valence-corrected chi connectivity index (χ3v) is 4.46. The van der Waals surface area contributed by atoms with Crippen molar-refractivity contribution in [1.82, 2.24) is 4.90 Å². The van der Waals surface area contributed by atoms with Crippen molar-refractivity contribution in [3.8, 4) is 0 Å². The van der Waals surface area contributed by atoms with Crippen LogP contribution in [0.15, 0.2) is 22.7 Å². The molecule has 2 aliphatic rings. The summed E-state index contributed by atoms with van der Waals surface area (Å²) in [7, 11) is 0. The van der Waals surface area contributed by atoms with Crippen LogP contribution in [0, 0.1) is 0 Å². The van der Waals surface area contributed by atoms with Crippen LogP contribution in [0.2, 0.25) is 0 Å². The van der Waals surface area contributed by atoms with E-state index in [1.807, 2.05) is 0 Å². The Kier molecular flexibility index (Phi) is 3.03. The molecule has 1 nitrogen and oxygen atoms in total. The average Bonchev–Trinajstić information content (AvgIpc) is 2.23. The van der Waals surface area contributed by atoms with E-state index in [1.54, 1.807) is 11.1 Å². The Balaban J connectivity index is 1.81. The van der Waals surface area contributed by atoms with Gasteiger partial charge < -0.3 is 4.90 Å². The summed E-state index contributed by atoms with van der Waals surface area (Å²) in [5, 5.41) is 0. The second kappa shape index (κ2) is 4.50. The monoisotopic (exact) mass is 279 g/mol. The third kappa shape index (κ3) is 2.05. The molecular formula is C14H18BrN. The largest absolute Gasteiger partial charge is 0.303 e. The summed E-state index contributed by atoms with van der Waals surface area (Å²) in [6.45, 7) is 3.93. The molecule has 1 aliphatic heterocycles. The minimum atomic E-state index is 0.789. The van der Waals surface area contributed by atoms with Crippen LogP contribution in [0.4, 0.5) is 0 Å². The molecule has 1 aliphatic carbocycles. The molecule has 0 radical (unpaired) electrons. The van der Waals surface area contributed by atoms with Crippen molar-refractivity contribution >= 4 is 15.9 Å². The van der Waals surface area contributed by atoms with Crippen molar-refractivity contribution < 1.29 is 0 Å². The summed E-state index contributed by atoms with van der Waals surface area (Å²) in [5.74, 6) is 0.789. The number of fused-ring (bicyclic) bond motifs is 1. The van der Waals surface area contributed by atoms with Crippen LogP contribution in [-0.4, -0.2) is 24.5 Å². The van der Waals surface area contributed by atoms with Gasteiger partial charge in [0.2, 0.25) is 0 Å². The van der Waals surface area contributed by atoms with E-state index in [1.165, 1.54) is 49.8 Å². The van der Waals surface area contributed by atoms with E-state index in [2.05, 4.69) is 39.0 Å². The summed E-state index contributed by atoms with van der Waals surface area (Å²) in [6, 6.07) is 6.86. The Bertz CT molecular complexity index is 384. The molecule has 0 amide bonds. The van der Waals surface area contributed by atoms with Gasteiger partial charge in [0.1, 0.15) is 0 Å². The molecule has 16 heavy (non-hydrogen) atoms. The molecule has 0 N–H and O–H groups in total. The van der Waals surface area contributed by atoms with Crippen LogP contribution in [0.25, 0.3) is 0 Å². The number of rotatable bonds is 2. The minimum absolute atomic E-state index is 0.789. The van der Waals surface area contributed by atoms with Gasteiger partial charge in [0.25, 0.3) is 0 Å². The minimum Gasteiger partial charge on any atom is -0.303 e. The summed E-state index contributed by atoms with van der Waals surface area (Å²) in [5.41, 5.74) is 3.19. The Morgan fingerprint density at radius 1 is 1.25 bits per heavy atom. The van der Waals surface area contributed by atoms with Gasteiger partial charge in [0.05, 0.1) is 0 Å². The first kappa shape index (κ1) is 10.8. The Labute approximate surface area is 106 Å². The first-order valence-corrected chi connectivity index (χ1v) is 7.13. The maximum Gasteiger partial charge on any atom is 0.0178 e. The molecule has 1 saturated heterocycles. The summed E-state index contributed by atoms with van der Waals surface area (Å²) < 4.78 is 1.23. The predicted molar refractivity (Wildman–Crippen MR) is 70.9 cm³/mol. The molecule has 1 unspecified atom stereocenters. The molecule has 0 bridgehead atoms. The molecular weight excluding hydrogens is 262 g/mol. The molecule has 1 aromatic carbocycles. The zero-order chi connectivity index (χ0) is 11.0. The van der Waals surface area contributed by atoms with Crippen molar-refractivity contribution in [2.45, 2.75) is 31.6 Å². The Morgan fingerprint density at radius 3 is 2.88 bits per heavy atom. The first-order valence-electron chi connectivity index (χ1n) is 6.33. The van der Waals surface area contributed by atoms with Crippen molar-refractivity contribution in [2.75, 3.05) is 19.6 Å². The highest BCUT2D eigenvalue weighted by atomic mass is 79.9. The van der Waals surface area contributed by atoms with E-state index < -0.39 is 0 Å². The average molecular weight is 280 g/mol. The number of hydrogen-bond donors (Lipinski definition) is 0. The standard InChI is InChI=1S/C14H18BrN/c15-13-5-6-14-11(9-13)3-1-4-12(14)10-16-7-2-8-16/h5-6,9,12H,1-4,7-8,10H2. The lowest BCUT2D eigenvalue weighted by Gasteiger charge is -2.36. The third-order valence-electron chi connectivity index (χ3n) is 3.97. The van der Waals surface area contributed by atoms with E-state index in [0.717, 1.165) is 5.92 Å². The lowest BCUT2D eigenvalue weighted by Crippen LogP contribution is -2.40. The SMILES string of the molecule is Brc1ccc2c(c1)CCCC2CN1CCC1. The lowest BCUT2D eigenvalue weighted by atomic mass is 9.82. The van der Waals surface area contributed by atoms with Gasteiger partial charge in [-0.3, -0.25) is 0 Å². The number of halogens is 1. The van der Waals surface area contributed by atoms with E-state index >= 15 is 0 Å². The van der Waals surface area contributed by atoms with Gasteiger partial charge in [0, 0.05) is 11.0 Å². The maximum atomic E-state index is 3.58. The molecule has 86 valence electrons. The van der Waals surface area contributed by atoms with Gasteiger partial charge in [-0.2, -0.15) is 0 Å². The fourth-order valence-electron chi connectivity index (χ4n) is 2.95. The van der Waals surface area contributed by atoms with Gasteiger partial charge >= 0.3 is 0 Å². The van der Waals surface area contributed by atoms with Crippen LogP contribution >= 0.6 is 15.9 Å². The zero-order valence-corrected chi connectivity index (χ0v) is 11.2. The summed E-state index contributed by atoms with van der Waals surface area (Å²) in [4.78, 5) is 2.60. The fourth-order valence-corrected chi connectivity index (χ4v) is 3.36. The van der Waals surface area contributed by atoms with E-state index in [-0.39, 0.29) is 0 Å². The topological polar surface area (TPSA) is 3.24 Å². The molecule has 1 atom stereocenters. The van der Waals surface area contributed by atoms with Crippen molar-refractivity contribution in [1.29, 1.82) is 0 Å². The highest BCUT2D eigenvalue weighted by Gasteiger charge is 2.24. The Hall–Kier alpha value is -0.340. The molecule has 0 spiro atoms.